The minimum Gasteiger partial charge on any atom is -0.390 e. The Morgan fingerprint density at radius 3 is 2.11 bits per heavy atom. The molecule has 1 N–H and O–H groups in total. The Kier molecular flexibility index (Phi) is 5.34. The van der Waals surface area contributed by atoms with E-state index in [1.165, 1.54) is 64.2 Å². The minimum absolute atomic E-state index is 0.317. The van der Waals surface area contributed by atoms with Gasteiger partial charge >= 0.3 is 0 Å². The third-order valence-corrected chi connectivity index (χ3v) is 6.12. The SMILES string of the molecule is CCCCC(CC)CC1(O)CCC2(CCCC2)CC1. The first-order chi connectivity index (χ1) is 9.11. The molecular formula is C18H34O. The topological polar surface area (TPSA) is 20.2 Å². The standard InChI is InChI=1S/C18H34O/c1-3-5-8-16(4-2)15-18(19)13-11-17(12-14-18)9-6-7-10-17/h16,19H,3-15H2,1-2H3. The molecule has 0 aromatic carbocycles. The second kappa shape index (κ2) is 6.61. The monoisotopic (exact) mass is 266 g/mol. The van der Waals surface area contributed by atoms with Crippen molar-refractivity contribution in [1.82, 2.24) is 0 Å². The Bertz CT molecular complexity index is 255. The molecule has 0 amide bonds. The predicted octanol–water partition coefficient (Wildman–Crippen LogP) is 5.46. The lowest BCUT2D eigenvalue weighted by atomic mass is 9.65. The Hall–Kier alpha value is -0.0400. The van der Waals surface area contributed by atoms with Crippen molar-refractivity contribution < 1.29 is 5.11 Å². The van der Waals surface area contributed by atoms with Crippen molar-refractivity contribution in [3.05, 3.63) is 0 Å². The summed E-state index contributed by atoms with van der Waals surface area (Å²) in [4.78, 5) is 0. The van der Waals surface area contributed by atoms with Gasteiger partial charge < -0.3 is 5.11 Å². The molecule has 0 aliphatic heterocycles. The van der Waals surface area contributed by atoms with Crippen molar-refractivity contribution in [1.29, 1.82) is 0 Å². The predicted molar refractivity (Wildman–Crippen MR) is 82.2 cm³/mol. The summed E-state index contributed by atoms with van der Waals surface area (Å²) in [6, 6.07) is 0. The molecular weight excluding hydrogens is 232 g/mol. The maximum Gasteiger partial charge on any atom is 0.0650 e. The average molecular weight is 266 g/mol. The number of aliphatic hydroxyl groups is 1. The van der Waals surface area contributed by atoms with Crippen LogP contribution in [-0.4, -0.2) is 10.7 Å². The summed E-state index contributed by atoms with van der Waals surface area (Å²) in [5.74, 6) is 0.752. The lowest BCUT2D eigenvalue weighted by molar-refractivity contribution is -0.0507. The second-order valence-electron chi connectivity index (χ2n) is 7.55. The highest BCUT2D eigenvalue weighted by Gasteiger charge is 2.43. The largest absolute Gasteiger partial charge is 0.390 e. The average Bonchev–Trinajstić information content (AvgIpc) is 2.88. The van der Waals surface area contributed by atoms with Crippen molar-refractivity contribution in [2.24, 2.45) is 11.3 Å². The molecule has 2 fully saturated rings. The van der Waals surface area contributed by atoms with Crippen LogP contribution in [0, 0.1) is 11.3 Å². The Balaban J connectivity index is 1.82. The van der Waals surface area contributed by atoms with E-state index in [9.17, 15) is 5.11 Å². The molecule has 0 aromatic heterocycles. The van der Waals surface area contributed by atoms with Crippen molar-refractivity contribution >= 4 is 0 Å². The molecule has 1 nitrogen and oxygen atoms in total. The fourth-order valence-corrected chi connectivity index (χ4v) is 4.56. The second-order valence-corrected chi connectivity index (χ2v) is 7.55. The highest BCUT2D eigenvalue weighted by Crippen LogP contribution is 2.52. The first-order valence-electron chi connectivity index (χ1n) is 8.84. The van der Waals surface area contributed by atoms with Gasteiger partial charge in [0.25, 0.3) is 0 Å². The van der Waals surface area contributed by atoms with Crippen molar-refractivity contribution in [2.45, 2.75) is 103 Å². The van der Waals surface area contributed by atoms with E-state index >= 15 is 0 Å². The van der Waals surface area contributed by atoms with E-state index in [-0.39, 0.29) is 5.60 Å². The van der Waals surface area contributed by atoms with Gasteiger partial charge in [-0.3, -0.25) is 0 Å². The summed E-state index contributed by atoms with van der Waals surface area (Å²) in [6.45, 7) is 4.57. The van der Waals surface area contributed by atoms with Gasteiger partial charge in [0.05, 0.1) is 5.60 Å². The Morgan fingerprint density at radius 2 is 1.58 bits per heavy atom. The van der Waals surface area contributed by atoms with Gasteiger partial charge in [0, 0.05) is 0 Å². The number of unbranched alkanes of at least 4 members (excludes halogenated alkanes) is 1. The van der Waals surface area contributed by atoms with Crippen molar-refractivity contribution in [3.8, 4) is 0 Å². The summed E-state index contributed by atoms with van der Waals surface area (Å²) in [6.07, 6.45) is 16.8. The summed E-state index contributed by atoms with van der Waals surface area (Å²) >= 11 is 0. The number of rotatable bonds is 6. The highest BCUT2D eigenvalue weighted by molar-refractivity contribution is 4.95. The van der Waals surface area contributed by atoms with E-state index in [1.54, 1.807) is 0 Å². The van der Waals surface area contributed by atoms with E-state index < -0.39 is 0 Å². The van der Waals surface area contributed by atoms with Crippen LogP contribution in [-0.2, 0) is 0 Å². The summed E-state index contributed by atoms with van der Waals surface area (Å²) in [5.41, 5.74) is 0.333. The van der Waals surface area contributed by atoms with E-state index in [0.29, 0.717) is 5.41 Å². The molecule has 2 aliphatic carbocycles. The highest BCUT2D eigenvalue weighted by atomic mass is 16.3. The molecule has 1 unspecified atom stereocenters. The zero-order chi connectivity index (χ0) is 13.8. The van der Waals surface area contributed by atoms with Crippen LogP contribution in [0.25, 0.3) is 0 Å². The van der Waals surface area contributed by atoms with Gasteiger partial charge in [0.2, 0.25) is 0 Å². The quantitative estimate of drug-likeness (QED) is 0.677. The van der Waals surface area contributed by atoms with Crippen molar-refractivity contribution in [2.75, 3.05) is 0 Å². The minimum atomic E-state index is -0.317. The smallest absolute Gasteiger partial charge is 0.0650 e. The summed E-state index contributed by atoms with van der Waals surface area (Å²) < 4.78 is 0. The first kappa shape index (κ1) is 15.4. The van der Waals surface area contributed by atoms with Crippen LogP contribution in [0.4, 0.5) is 0 Å². The molecule has 0 saturated heterocycles. The fraction of sp³-hybridized carbons (Fsp3) is 1.00. The molecule has 0 heterocycles. The number of hydrogen-bond acceptors (Lipinski definition) is 1. The van der Waals surface area contributed by atoms with Gasteiger partial charge in [0.1, 0.15) is 0 Å². The summed E-state index contributed by atoms with van der Waals surface area (Å²) in [5, 5.41) is 10.9. The number of hydrogen-bond donors (Lipinski definition) is 1. The van der Waals surface area contributed by atoms with Gasteiger partial charge in [-0.15, -0.1) is 0 Å². The molecule has 19 heavy (non-hydrogen) atoms. The summed E-state index contributed by atoms with van der Waals surface area (Å²) in [7, 11) is 0. The zero-order valence-corrected chi connectivity index (χ0v) is 13.2. The molecule has 112 valence electrons. The molecule has 2 rings (SSSR count). The van der Waals surface area contributed by atoms with Crippen LogP contribution in [0.5, 0.6) is 0 Å². The van der Waals surface area contributed by atoms with Crippen molar-refractivity contribution in [3.63, 3.8) is 0 Å². The van der Waals surface area contributed by atoms with E-state index in [4.69, 9.17) is 0 Å². The van der Waals surface area contributed by atoms with Crippen LogP contribution in [0.3, 0.4) is 0 Å². The first-order valence-corrected chi connectivity index (χ1v) is 8.84. The zero-order valence-electron chi connectivity index (χ0n) is 13.2. The van der Waals surface area contributed by atoms with Crippen LogP contribution in [0.1, 0.15) is 97.3 Å². The molecule has 1 heteroatoms. The van der Waals surface area contributed by atoms with Gasteiger partial charge in [-0.1, -0.05) is 52.4 Å². The lowest BCUT2D eigenvalue weighted by Crippen LogP contribution is -2.39. The van der Waals surface area contributed by atoms with Crippen LogP contribution in [0.15, 0.2) is 0 Å². The fourth-order valence-electron chi connectivity index (χ4n) is 4.56. The Morgan fingerprint density at radius 1 is 0.947 bits per heavy atom. The van der Waals surface area contributed by atoms with Crippen LogP contribution in [0.2, 0.25) is 0 Å². The third-order valence-electron chi connectivity index (χ3n) is 6.12. The van der Waals surface area contributed by atoms with Gasteiger partial charge in [0.15, 0.2) is 0 Å². The van der Waals surface area contributed by atoms with Gasteiger partial charge in [-0.25, -0.2) is 0 Å². The normalized spacial score (nSPS) is 26.7. The molecule has 2 aliphatic rings. The van der Waals surface area contributed by atoms with Crippen LogP contribution >= 0.6 is 0 Å². The molecule has 0 aromatic rings. The molecule has 2 saturated carbocycles. The van der Waals surface area contributed by atoms with Crippen LogP contribution < -0.4 is 0 Å². The molecule has 1 atom stereocenters. The molecule has 0 bridgehead atoms. The lowest BCUT2D eigenvalue weighted by Gasteiger charge is -2.43. The van der Waals surface area contributed by atoms with Gasteiger partial charge in [-0.2, -0.15) is 0 Å². The molecule has 0 radical (unpaired) electrons. The Labute approximate surface area is 120 Å². The maximum atomic E-state index is 10.9. The van der Waals surface area contributed by atoms with E-state index in [0.717, 1.165) is 25.2 Å². The van der Waals surface area contributed by atoms with Gasteiger partial charge in [-0.05, 0) is 56.3 Å². The molecule has 1 spiro atoms. The maximum absolute atomic E-state index is 10.9. The third kappa shape index (κ3) is 3.97. The van der Waals surface area contributed by atoms with E-state index in [1.807, 2.05) is 0 Å². The van der Waals surface area contributed by atoms with E-state index in [2.05, 4.69) is 13.8 Å².